The van der Waals surface area contributed by atoms with Crippen LogP contribution in [0.25, 0.3) is 0 Å². The number of nitrogens with one attached hydrogen (secondary N) is 2. The van der Waals surface area contributed by atoms with Crippen LogP contribution in [0.2, 0.25) is 0 Å². The fourth-order valence-corrected chi connectivity index (χ4v) is 2.71. The van der Waals surface area contributed by atoms with Gasteiger partial charge in [0.25, 0.3) is 10.0 Å². The van der Waals surface area contributed by atoms with E-state index in [1.54, 1.807) is 18.2 Å². The van der Waals surface area contributed by atoms with Gasteiger partial charge in [-0.25, -0.2) is 8.42 Å². The van der Waals surface area contributed by atoms with Crippen molar-refractivity contribution in [3.8, 4) is 0 Å². The molecule has 0 unspecified atom stereocenters. The van der Waals surface area contributed by atoms with Crippen LogP contribution in [0, 0.1) is 0 Å². The summed E-state index contributed by atoms with van der Waals surface area (Å²) in [5.41, 5.74) is 0.852. The van der Waals surface area contributed by atoms with E-state index < -0.39 is 10.0 Å². The Morgan fingerprint density at radius 1 is 1.33 bits per heavy atom. The van der Waals surface area contributed by atoms with Gasteiger partial charge >= 0.3 is 0 Å². The fourth-order valence-electron chi connectivity index (χ4n) is 1.50. The molecular weight excluding hydrogens is 254 g/mol. The first-order valence-corrected chi connectivity index (χ1v) is 6.87. The van der Waals surface area contributed by atoms with E-state index >= 15 is 0 Å². The Morgan fingerprint density at radius 2 is 2.11 bits per heavy atom. The summed E-state index contributed by atoms with van der Waals surface area (Å²) in [6, 6.07) is 6.69. The molecule has 0 bridgehead atoms. The van der Waals surface area contributed by atoms with Crippen molar-refractivity contribution in [1.82, 2.24) is 5.16 Å². The Labute approximate surface area is 105 Å². The predicted octanol–water partition coefficient (Wildman–Crippen LogP) is 1.91. The zero-order chi connectivity index (χ0) is 13.0. The summed E-state index contributed by atoms with van der Waals surface area (Å²) in [5, 5.41) is 6.44. The Bertz CT molecular complexity index is 608. The molecule has 0 aliphatic carbocycles. The summed E-state index contributed by atoms with van der Waals surface area (Å²) >= 11 is 0. The maximum atomic E-state index is 12.2. The molecule has 1 heterocycles. The van der Waals surface area contributed by atoms with Gasteiger partial charge < -0.3 is 9.84 Å². The highest BCUT2D eigenvalue weighted by Gasteiger charge is 2.18. The molecule has 0 aliphatic heterocycles. The van der Waals surface area contributed by atoms with Crippen molar-refractivity contribution in [2.75, 3.05) is 16.6 Å². The predicted molar refractivity (Wildman–Crippen MR) is 67.9 cm³/mol. The van der Waals surface area contributed by atoms with Crippen molar-refractivity contribution in [2.45, 2.75) is 11.8 Å². The van der Waals surface area contributed by atoms with Crippen LogP contribution in [0.15, 0.2) is 46.1 Å². The van der Waals surface area contributed by atoms with Crippen LogP contribution in [0.1, 0.15) is 6.92 Å². The minimum atomic E-state index is -3.65. The largest absolute Gasteiger partial charge is 0.384 e. The Balaban J connectivity index is 2.35. The van der Waals surface area contributed by atoms with Gasteiger partial charge in [-0.3, -0.25) is 4.72 Å². The SMILES string of the molecule is CCNc1ccccc1S(=O)(=O)Nc1cnoc1. The van der Waals surface area contributed by atoms with Crippen molar-refractivity contribution in [3.05, 3.63) is 36.7 Å². The van der Waals surface area contributed by atoms with Crippen molar-refractivity contribution in [3.63, 3.8) is 0 Å². The highest BCUT2D eigenvalue weighted by atomic mass is 32.2. The van der Waals surface area contributed by atoms with E-state index in [0.29, 0.717) is 17.9 Å². The number of rotatable bonds is 5. The summed E-state index contributed by atoms with van der Waals surface area (Å²) < 4.78 is 31.3. The minimum Gasteiger partial charge on any atom is -0.384 e. The molecular formula is C11H13N3O3S. The second kappa shape index (κ2) is 5.09. The molecule has 0 radical (unpaired) electrons. The molecule has 6 nitrogen and oxygen atoms in total. The lowest BCUT2D eigenvalue weighted by Crippen LogP contribution is -2.15. The van der Waals surface area contributed by atoms with E-state index in [-0.39, 0.29) is 4.90 Å². The van der Waals surface area contributed by atoms with E-state index in [0.717, 1.165) is 0 Å². The average Bonchev–Trinajstić information content (AvgIpc) is 2.82. The standard InChI is InChI=1S/C11H13N3O3S/c1-2-12-10-5-3-4-6-11(10)18(15,16)14-9-7-13-17-8-9/h3-8,12,14H,2H2,1H3. The van der Waals surface area contributed by atoms with Gasteiger partial charge in [0.2, 0.25) is 0 Å². The summed E-state index contributed by atoms with van der Waals surface area (Å²) in [6.45, 7) is 2.54. The molecule has 0 aliphatic rings. The average molecular weight is 267 g/mol. The van der Waals surface area contributed by atoms with Crippen molar-refractivity contribution in [1.29, 1.82) is 0 Å². The topological polar surface area (TPSA) is 84.2 Å². The molecule has 0 fully saturated rings. The zero-order valence-electron chi connectivity index (χ0n) is 9.75. The second-order valence-electron chi connectivity index (χ2n) is 3.55. The number of anilines is 2. The third kappa shape index (κ3) is 2.62. The van der Waals surface area contributed by atoms with Crippen LogP contribution in [0.4, 0.5) is 11.4 Å². The molecule has 96 valence electrons. The second-order valence-corrected chi connectivity index (χ2v) is 5.20. The molecule has 18 heavy (non-hydrogen) atoms. The number of sulfonamides is 1. The normalized spacial score (nSPS) is 11.2. The lowest BCUT2D eigenvalue weighted by molar-refractivity contribution is 0.420. The van der Waals surface area contributed by atoms with Crippen LogP contribution in [0.3, 0.4) is 0 Å². The number of aromatic nitrogens is 1. The van der Waals surface area contributed by atoms with E-state index in [4.69, 9.17) is 0 Å². The molecule has 0 saturated carbocycles. The van der Waals surface area contributed by atoms with Gasteiger partial charge in [0.15, 0.2) is 0 Å². The van der Waals surface area contributed by atoms with E-state index in [9.17, 15) is 8.42 Å². The number of hydrogen-bond acceptors (Lipinski definition) is 5. The minimum absolute atomic E-state index is 0.188. The highest BCUT2D eigenvalue weighted by molar-refractivity contribution is 7.92. The van der Waals surface area contributed by atoms with E-state index in [1.165, 1.54) is 18.5 Å². The molecule has 2 aromatic rings. The molecule has 1 aromatic carbocycles. The molecule has 2 N–H and O–H groups in total. The quantitative estimate of drug-likeness (QED) is 0.864. The van der Waals surface area contributed by atoms with Crippen molar-refractivity contribution >= 4 is 21.4 Å². The molecule has 7 heteroatoms. The van der Waals surface area contributed by atoms with Gasteiger partial charge in [0, 0.05) is 6.54 Å². The van der Waals surface area contributed by atoms with Gasteiger partial charge in [-0.1, -0.05) is 17.3 Å². The highest BCUT2D eigenvalue weighted by Crippen LogP contribution is 2.23. The summed E-state index contributed by atoms with van der Waals surface area (Å²) in [4.78, 5) is 0.188. The van der Waals surface area contributed by atoms with E-state index in [2.05, 4.69) is 19.7 Å². The van der Waals surface area contributed by atoms with Gasteiger partial charge in [-0.2, -0.15) is 0 Å². The Morgan fingerprint density at radius 3 is 2.78 bits per heavy atom. The lowest BCUT2D eigenvalue weighted by Gasteiger charge is -2.11. The summed E-state index contributed by atoms with van der Waals surface area (Å²) in [6.07, 6.45) is 2.53. The van der Waals surface area contributed by atoms with Crippen LogP contribution in [-0.2, 0) is 10.0 Å². The van der Waals surface area contributed by atoms with Crippen LogP contribution >= 0.6 is 0 Å². The molecule has 0 amide bonds. The third-order valence-corrected chi connectivity index (χ3v) is 3.67. The van der Waals surface area contributed by atoms with Gasteiger partial charge in [0.1, 0.15) is 16.8 Å². The maximum Gasteiger partial charge on any atom is 0.264 e. The number of benzene rings is 1. The Hall–Kier alpha value is -2.02. The molecule has 0 spiro atoms. The van der Waals surface area contributed by atoms with Crippen molar-refractivity contribution < 1.29 is 12.9 Å². The molecule has 0 atom stereocenters. The van der Waals surface area contributed by atoms with Gasteiger partial charge in [0.05, 0.1) is 11.9 Å². The Kier molecular flexibility index (Phi) is 3.52. The third-order valence-electron chi connectivity index (χ3n) is 2.23. The van der Waals surface area contributed by atoms with Gasteiger partial charge in [-0.05, 0) is 19.1 Å². The molecule has 1 aromatic heterocycles. The zero-order valence-corrected chi connectivity index (χ0v) is 10.6. The first kappa shape index (κ1) is 12.4. The number of para-hydroxylation sites is 1. The first-order chi connectivity index (χ1) is 8.63. The van der Waals surface area contributed by atoms with Crippen LogP contribution < -0.4 is 10.0 Å². The summed E-state index contributed by atoms with van der Waals surface area (Å²) in [5.74, 6) is 0. The maximum absolute atomic E-state index is 12.2. The number of nitrogens with zero attached hydrogens (tertiary/aromatic N) is 1. The smallest absolute Gasteiger partial charge is 0.264 e. The first-order valence-electron chi connectivity index (χ1n) is 5.38. The number of hydrogen-bond donors (Lipinski definition) is 2. The monoisotopic (exact) mass is 267 g/mol. The van der Waals surface area contributed by atoms with Crippen molar-refractivity contribution in [2.24, 2.45) is 0 Å². The van der Waals surface area contributed by atoms with E-state index in [1.807, 2.05) is 6.92 Å². The summed E-state index contributed by atoms with van der Waals surface area (Å²) in [7, 11) is -3.65. The molecule has 0 saturated heterocycles. The lowest BCUT2D eigenvalue weighted by atomic mass is 10.3. The molecule has 2 rings (SSSR count). The van der Waals surface area contributed by atoms with Gasteiger partial charge in [-0.15, -0.1) is 0 Å². The fraction of sp³-hybridized carbons (Fsp3) is 0.182. The van der Waals surface area contributed by atoms with Crippen LogP contribution in [0.5, 0.6) is 0 Å². The van der Waals surface area contributed by atoms with Crippen LogP contribution in [-0.4, -0.2) is 20.1 Å².